The van der Waals surface area contributed by atoms with E-state index in [0.717, 1.165) is 6.42 Å². The topological polar surface area (TPSA) is 12.0 Å². The zero-order chi connectivity index (χ0) is 14.2. The van der Waals surface area contributed by atoms with Gasteiger partial charge in [0.15, 0.2) is 0 Å². The maximum absolute atomic E-state index is 3.67. The number of aryl methyl sites for hydroxylation is 1. The molecule has 0 bridgehead atoms. The van der Waals surface area contributed by atoms with Crippen LogP contribution in [0.4, 0.5) is 5.69 Å². The lowest BCUT2D eigenvalue weighted by molar-refractivity contribution is 0.624. The Hall–Kier alpha value is -2.02. The quantitative estimate of drug-likeness (QED) is 0.818. The lowest BCUT2D eigenvalue weighted by Crippen LogP contribution is -2.37. The molecule has 0 amide bonds. The van der Waals surface area contributed by atoms with Crippen LogP contribution in [0.25, 0.3) is 5.57 Å². The first-order chi connectivity index (χ1) is 9.56. The number of para-hydroxylation sites is 1. The first kappa shape index (κ1) is 13.0. The molecule has 0 fully saturated rings. The molecule has 102 valence electrons. The van der Waals surface area contributed by atoms with E-state index in [1.165, 1.54) is 28.0 Å². The van der Waals surface area contributed by atoms with Gasteiger partial charge in [-0.15, -0.1) is 0 Å². The highest BCUT2D eigenvalue weighted by Crippen LogP contribution is 2.33. The second kappa shape index (κ2) is 4.82. The molecule has 0 spiro atoms. The number of allylic oxidation sites excluding steroid dienone is 1. The summed E-state index contributed by atoms with van der Waals surface area (Å²) in [6.07, 6.45) is 3.39. The van der Waals surface area contributed by atoms with Gasteiger partial charge in [-0.2, -0.15) is 0 Å². The van der Waals surface area contributed by atoms with Gasteiger partial charge in [-0.1, -0.05) is 48.0 Å². The molecule has 1 heteroatoms. The second-order valence-corrected chi connectivity index (χ2v) is 6.07. The van der Waals surface area contributed by atoms with Crippen LogP contribution in [0.15, 0.2) is 54.6 Å². The molecule has 0 aromatic heterocycles. The van der Waals surface area contributed by atoms with Gasteiger partial charge in [-0.3, -0.25) is 0 Å². The van der Waals surface area contributed by atoms with Crippen LogP contribution in [0.2, 0.25) is 0 Å². The van der Waals surface area contributed by atoms with E-state index in [1.807, 2.05) is 6.07 Å². The SMILES string of the molecule is CC1=CC(C)(Nc2ccccc2)Cc2ccc(C)cc21. The van der Waals surface area contributed by atoms with E-state index in [1.54, 1.807) is 0 Å². The molecular weight excluding hydrogens is 242 g/mol. The van der Waals surface area contributed by atoms with Gasteiger partial charge in [0, 0.05) is 5.69 Å². The number of benzene rings is 2. The number of hydrogen-bond donors (Lipinski definition) is 1. The van der Waals surface area contributed by atoms with E-state index in [0.29, 0.717) is 0 Å². The fraction of sp³-hybridized carbons (Fsp3) is 0.263. The number of anilines is 1. The Bertz CT molecular complexity index is 655. The van der Waals surface area contributed by atoms with Crippen LogP contribution in [0.5, 0.6) is 0 Å². The van der Waals surface area contributed by atoms with Crippen LogP contribution in [0, 0.1) is 6.92 Å². The van der Waals surface area contributed by atoms with Crippen LogP contribution in [-0.4, -0.2) is 5.54 Å². The molecule has 0 radical (unpaired) electrons. The third kappa shape index (κ3) is 2.49. The van der Waals surface area contributed by atoms with Crippen molar-refractivity contribution in [2.24, 2.45) is 0 Å². The van der Waals surface area contributed by atoms with Gasteiger partial charge in [-0.25, -0.2) is 0 Å². The average Bonchev–Trinajstić information content (AvgIpc) is 2.40. The Balaban J connectivity index is 1.94. The largest absolute Gasteiger partial charge is 0.376 e. The lowest BCUT2D eigenvalue weighted by Gasteiger charge is -2.34. The Morgan fingerprint density at radius 2 is 1.75 bits per heavy atom. The number of fused-ring (bicyclic) bond motifs is 1. The molecule has 0 heterocycles. The van der Waals surface area contributed by atoms with Crippen LogP contribution < -0.4 is 5.32 Å². The molecule has 1 nitrogen and oxygen atoms in total. The van der Waals surface area contributed by atoms with E-state index < -0.39 is 0 Å². The molecule has 1 unspecified atom stereocenters. The van der Waals surface area contributed by atoms with Crippen LogP contribution >= 0.6 is 0 Å². The molecule has 0 saturated heterocycles. The van der Waals surface area contributed by atoms with E-state index in [9.17, 15) is 0 Å². The van der Waals surface area contributed by atoms with Gasteiger partial charge in [0.2, 0.25) is 0 Å². The first-order valence-electron chi connectivity index (χ1n) is 7.18. The molecule has 0 aliphatic heterocycles. The molecule has 3 rings (SSSR count). The Morgan fingerprint density at radius 1 is 1.00 bits per heavy atom. The number of rotatable bonds is 2. The van der Waals surface area contributed by atoms with Crippen molar-refractivity contribution in [2.45, 2.75) is 32.7 Å². The minimum absolute atomic E-state index is 0.0201. The zero-order valence-corrected chi connectivity index (χ0v) is 12.4. The predicted molar refractivity (Wildman–Crippen MR) is 87.0 cm³/mol. The molecular formula is C19H21N. The van der Waals surface area contributed by atoms with E-state index in [-0.39, 0.29) is 5.54 Å². The summed E-state index contributed by atoms with van der Waals surface area (Å²) >= 11 is 0. The summed E-state index contributed by atoms with van der Waals surface area (Å²) in [6, 6.07) is 17.2. The molecule has 1 atom stereocenters. The van der Waals surface area contributed by atoms with Crippen molar-refractivity contribution in [3.8, 4) is 0 Å². The smallest absolute Gasteiger partial charge is 0.0574 e. The highest BCUT2D eigenvalue weighted by Gasteiger charge is 2.27. The van der Waals surface area contributed by atoms with Crippen molar-refractivity contribution in [1.29, 1.82) is 0 Å². The summed E-state index contributed by atoms with van der Waals surface area (Å²) in [7, 11) is 0. The van der Waals surface area contributed by atoms with Crippen molar-refractivity contribution in [1.82, 2.24) is 0 Å². The monoisotopic (exact) mass is 263 g/mol. The molecule has 1 aliphatic rings. The fourth-order valence-electron chi connectivity index (χ4n) is 3.15. The van der Waals surface area contributed by atoms with Gasteiger partial charge >= 0.3 is 0 Å². The Labute approximate surface area is 121 Å². The van der Waals surface area contributed by atoms with E-state index >= 15 is 0 Å². The molecule has 1 aliphatic carbocycles. The highest BCUT2D eigenvalue weighted by molar-refractivity contribution is 5.72. The summed E-state index contributed by atoms with van der Waals surface area (Å²) in [4.78, 5) is 0. The second-order valence-electron chi connectivity index (χ2n) is 6.07. The summed E-state index contributed by atoms with van der Waals surface area (Å²) in [5.74, 6) is 0. The third-order valence-corrected chi connectivity index (χ3v) is 3.99. The van der Waals surface area contributed by atoms with Gasteiger partial charge in [0.1, 0.15) is 0 Å². The Morgan fingerprint density at radius 3 is 2.50 bits per heavy atom. The fourth-order valence-corrected chi connectivity index (χ4v) is 3.15. The van der Waals surface area contributed by atoms with Crippen LogP contribution in [-0.2, 0) is 6.42 Å². The standard InChI is InChI=1S/C19H21N/c1-14-9-10-16-13-19(3,12-15(2)18(16)11-14)20-17-7-5-4-6-8-17/h4-12,20H,13H2,1-3H3. The minimum atomic E-state index is -0.0201. The van der Waals surface area contributed by atoms with Gasteiger partial charge in [0.25, 0.3) is 0 Å². The Kier molecular flexibility index (Phi) is 3.13. The molecule has 0 saturated carbocycles. The summed E-state index contributed by atoms with van der Waals surface area (Å²) in [6.45, 7) is 6.64. The van der Waals surface area contributed by atoms with E-state index in [4.69, 9.17) is 0 Å². The van der Waals surface area contributed by atoms with Crippen molar-refractivity contribution in [3.63, 3.8) is 0 Å². The van der Waals surface area contributed by atoms with Crippen molar-refractivity contribution in [2.75, 3.05) is 5.32 Å². The van der Waals surface area contributed by atoms with Crippen molar-refractivity contribution < 1.29 is 0 Å². The predicted octanol–water partition coefficient (Wildman–Crippen LogP) is 4.83. The molecule has 20 heavy (non-hydrogen) atoms. The highest BCUT2D eigenvalue weighted by atomic mass is 15.0. The summed E-state index contributed by atoms with van der Waals surface area (Å²) in [5.41, 5.74) is 6.68. The van der Waals surface area contributed by atoms with E-state index in [2.05, 4.69) is 74.6 Å². The van der Waals surface area contributed by atoms with Gasteiger partial charge in [-0.05, 0) is 56.0 Å². The minimum Gasteiger partial charge on any atom is -0.376 e. The molecule has 1 N–H and O–H groups in total. The maximum Gasteiger partial charge on any atom is 0.0574 e. The summed E-state index contributed by atoms with van der Waals surface area (Å²) in [5, 5.41) is 3.67. The van der Waals surface area contributed by atoms with Crippen LogP contribution in [0.1, 0.15) is 30.5 Å². The van der Waals surface area contributed by atoms with Crippen molar-refractivity contribution in [3.05, 3.63) is 71.3 Å². The molecule has 2 aromatic carbocycles. The normalized spacial score (nSPS) is 21.1. The van der Waals surface area contributed by atoms with Crippen molar-refractivity contribution >= 4 is 11.3 Å². The lowest BCUT2D eigenvalue weighted by atomic mass is 9.80. The average molecular weight is 263 g/mol. The van der Waals surface area contributed by atoms with Crippen LogP contribution in [0.3, 0.4) is 0 Å². The molecule has 2 aromatic rings. The number of hydrogen-bond acceptors (Lipinski definition) is 1. The van der Waals surface area contributed by atoms with Gasteiger partial charge < -0.3 is 5.32 Å². The summed E-state index contributed by atoms with van der Waals surface area (Å²) < 4.78 is 0. The zero-order valence-electron chi connectivity index (χ0n) is 12.4. The third-order valence-electron chi connectivity index (χ3n) is 3.99. The number of nitrogens with one attached hydrogen (secondary N) is 1. The first-order valence-corrected chi connectivity index (χ1v) is 7.18. The maximum atomic E-state index is 3.67. The van der Waals surface area contributed by atoms with Gasteiger partial charge in [0.05, 0.1) is 5.54 Å².